The Kier molecular flexibility index (Phi) is 36.6. The third-order valence-electron chi connectivity index (χ3n) is 8.90. The molecule has 0 aromatic rings. The van der Waals surface area contributed by atoms with Crippen molar-refractivity contribution >= 4 is 19.8 Å². The number of carbonyl (C=O) groups is 2. The molecule has 296 valence electrons. The van der Waals surface area contributed by atoms with E-state index in [9.17, 15) is 19.0 Å². The number of carbonyl (C=O) groups excluding carboxylic acids is 2. The smallest absolute Gasteiger partial charge is 0.462 e. The predicted octanol–water partition coefficient (Wildman–Crippen LogP) is 11.4. The molecule has 9 nitrogen and oxygen atoms in total. The van der Waals surface area contributed by atoms with E-state index in [1.54, 1.807) is 0 Å². The lowest BCUT2D eigenvalue weighted by Gasteiger charge is -2.19. The number of esters is 2. The Hall–Kier alpha value is -1.25. The van der Waals surface area contributed by atoms with Crippen LogP contribution < -0.4 is 5.73 Å². The molecule has 3 N–H and O–H groups in total. The summed E-state index contributed by atoms with van der Waals surface area (Å²) in [6.07, 6.45) is 36.7. The summed E-state index contributed by atoms with van der Waals surface area (Å²) >= 11 is 0. The van der Waals surface area contributed by atoms with Gasteiger partial charge in [-0.1, -0.05) is 161 Å². The fraction of sp³-hybridized carbons (Fsp3) is 0.900. The second kappa shape index (κ2) is 37.5. The number of phosphoric acid groups is 1. The van der Waals surface area contributed by atoms with Crippen molar-refractivity contribution in [1.29, 1.82) is 0 Å². The normalized spacial score (nSPS) is 13.4. The maximum atomic E-state index is 12.5. The van der Waals surface area contributed by atoms with Gasteiger partial charge in [0.05, 0.1) is 13.2 Å². The van der Waals surface area contributed by atoms with Gasteiger partial charge in [0.2, 0.25) is 0 Å². The summed E-state index contributed by atoms with van der Waals surface area (Å²) in [6.45, 7) is 3.72. The van der Waals surface area contributed by atoms with Gasteiger partial charge in [-0.25, -0.2) is 4.57 Å². The van der Waals surface area contributed by atoms with E-state index in [0.29, 0.717) is 12.8 Å². The van der Waals surface area contributed by atoms with Gasteiger partial charge in [0.15, 0.2) is 6.10 Å². The van der Waals surface area contributed by atoms with Gasteiger partial charge in [-0.2, -0.15) is 0 Å². The largest absolute Gasteiger partial charge is 0.472 e. The zero-order chi connectivity index (χ0) is 36.8. The summed E-state index contributed by atoms with van der Waals surface area (Å²) in [6, 6.07) is 0. The van der Waals surface area contributed by atoms with Crippen LogP contribution in [0.5, 0.6) is 0 Å². The van der Waals surface area contributed by atoms with Crippen LogP contribution in [0.3, 0.4) is 0 Å². The number of nitrogens with two attached hydrogens (primary N) is 1. The molecule has 10 heteroatoms. The standard InChI is InChI=1S/C40H78NO8P/c1-3-5-7-9-11-13-15-17-19-21-22-24-26-28-30-32-39(42)46-36-38(37-48-50(44,45)47-35-34-41)49-40(43)33-31-29-27-25-23-20-18-16-14-12-10-8-6-4-2/h22,24,38H,3-21,23,25-37,41H2,1-2H3,(H,44,45)/b24-22+/t38-/m1/s1. The Morgan fingerprint density at radius 2 is 0.980 bits per heavy atom. The summed E-state index contributed by atoms with van der Waals surface area (Å²) in [7, 11) is -4.37. The first-order valence-electron chi connectivity index (χ1n) is 20.7. The van der Waals surface area contributed by atoms with E-state index >= 15 is 0 Å². The van der Waals surface area contributed by atoms with Crippen LogP contribution >= 0.6 is 7.82 Å². The first-order valence-corrected chi connectivity index (χ1v) is 22.2. The minimum absolute atomic E-state index is 0.0538. The molecule has 0 saturated heterocycles. The molecule has 0 aromatic carbocycles. The Balaban J connectivity index is 4.18. The highest BCUT2D eigenvalue weighted by Crippen LogP contribution is 2.43. The zero-order valence-corrected chi connectivity index (χ0v) is 33.3. The van der Waals surface area contributed by atoms with Gasteiger partial charge in [-0.15, -0.1) is 0 Å². The molecule has 0 radical (unpaired) electrons. The number of unbranched alkanes of at least 4 members (excludes halogenated alkanes) is 24. The lowest BCUT2D eigenvalue weighted by atomic mass is 10.0. The fourth-order valence-corrected chi connectivity index (χ4v) is 6.57. The Bertz CT molecular complexity index is 840. The van der Waals surface area contributed by atoms with Crippen molar-refractivity contribution in [2.75, 3.05) is 26.4 Å². The van der Waals surface area contributed by atoms with Gasteiger partial charge < -0.3 is 20.1 Å². The summed E-state index contributed by atoms with van der Waals surface area (Å²) in [5, 5.41) is 0. The maximum Gasteiger partial charge on any atom is 0.472 e. The molecule has 0 amide bonds. The average molecular weight is 732 g/mol. The monoisotopic (exact) mass is 732 g/mol. The SMILES string of the molecule is CCCCCCCCCCC/C=C/CCCCC(=O)OC[C@H](COP(=O)(O)OCCN)OC(=O)CCCCCCCCCCCCCCCC. The topological polar surface area (TPSA) is 134 Å². The Labute approximate surface area is 307 Å². The van der Waals surface area contributed by atoms with Crippen molar-refractivity contribution in [1.82, 2.24) is 0 Å². The third-order valence-corrected chi connectivity index (χ3v) is 9.89. The van der Waals surface area contributed by atoms with Crippen LogP contribution in [0.4, 0.5) is 0 Å². The maximum absolute atomic E-state index is 12.5. The minimum Gasteiger partial charge on any atom is -0.462 e. The highest BCUT2D eigenvalue weighted by Gasteiger charge is 2.26. The van der Waals surface area contributed by atoms with E-state index < -0.39 is 32.5 Å². The van der Waals surface area contributed by atoms with Crippen LogP contribution in [0.1, 0.15) is 200 Å². The molecule has 0 aliphatic rings. The van der Waals surface area contributed by atoms with Gasteiger partial charge in [-0.05, 0) is 38.5 Å². The first kappa shape index (κ1) is 48.8. The van der Waals surface area contributed by atoms with Gasteiger partial charge >= 0.3 is 19.8 Å². The number of hydrogen-bond donors (Lipinski definition) is 2. The van der Waals surface area contributed by atoms with Crippen LogP contribution in [0.2, 0.25) is 0 Å². The van der Waals surface area contributed by atoms with E-state index in [0.717, 1.165) is 32.1 Å². The van der Waals surface area contributed by atoms with Crippen molar-refractivity contribution in [2.24, 2.45) is 5.73 Å². The highest BCUT2D eigenvalue weighted by molar-refractivity contribution is 7.47. The average Bonchev–Trinajstić information content (AvgIpc) is 3.10. The van der Waals surface area contributed by atoms with Crippen LogP contribution in [0.25, 0.3) is 0 Å². The highest BCUT2D eigenvalue weighted by atomic mass is 31.2. The van der Waals surface area contributed by atoms with E-state index in [4.69, 9.17) is 24.3 Å². The first-order chi connectivity index (χ1) is 24.3. The molecular formula is C40H78NO8P. The quantitative estimate of drug-likeness (QED) is 0.0274. The van der Waals surface area contributed by atoms with Crippen LogP contribution in [-0.4, -0.2) is 49.3 Å². The number of ether oxygens (including phenoxy) is 2. The predicted molar refractivity (Wildman–Crippen MR) is 206 cm³/mol. The summed E-state index contributed by atoms with van der Waals surface area (Å²) < 4.78 is 32.7. The molecule has 0 saturated carbocycles. The molecule has 0 aromatic heterocycles. The molecule has 0 fully saturated rings. The van der Waals surface area contributed by atoms with Crippen molar-refractivity contribution in [3.8, 4) is 0 Å². The molecular weight excluding hydrogens is 653 g/mol. The summed E-state index contributed by atoms with van der Waals surface area (Å²) in [5.74, 6) is -0.846. The number of allylic oxidation sites excluding steroid dienone is 2. The van der Waals surface area contributed by atoms with Crippen molar-refractivity contribution in [3.63, 3.8) is 0 Å². The molecule has 50 heavy (non-hydrogen) atoms. The molecule has 0 spiro atoms. The zero-order valence-electron chi connectivity index (χ0n) is 32.4. The van der Waals surface area contributed by atoms with Crippen molar-refractivity contribution < 1.29 is 37.6 Å². The number of phosphoric ester groups is 1. The van der Waals surface area contributed by atoms with Gasteiger partial charge in [0.1, 0.15) is 6.61 Å². The summed E-state index contributed by atoms with van der Waals surface area (Å²) in [4.78, 5) is 34.8. The molecule has 0 rings (SSSR count). The van der Waals surface area contributed by atoms with E-state index in [1.807, 2.05) is 0 Å². The lowest BCUT2D eigenvalue weighted by Crippen LogP contribution is -2.29. The second-order valence-electron chi connectivity index (χ2n) is 13.9. The van der Waals surface area contributed by atoms with E-state index in [1.165, 1.54) is 128 Å². The van der Waals surface area contributed by atoms with Gasteiger partial charge in [-0.3, -0.25) is 18.6 Å². The van der Waals surface area contributed by atoms with Crippen molar-refractivity contribution in [2.45, 2.75) is 206 Å². The minimum atomic E-state index is -4.37. The molecule has 2 atom stereocenters. The fourth-order valence-electron chi connectivity index (χ4n) is 5.81. The van der Waals surface area contributed by atoms with Gasteiger partial charge in [0.25, 0.3) is 0 Å². The van der Waals surface area contributed by atoms with Crippen LogP contribution in [0.15, 0.2) is 12.2 Å². The summed E-state index contributed by atoms with van der Waals surface area (Å²) in [5.41, 5.74) is 5.34. The van der Waals surface area contributed by atoms with Crippen LogP contribution in [-0.2, 0) is 32.7 Å². The molecule has 0 aliphatic heterocycles. The molecule has 1 unspecified atom stereocenters. The number of hydrogen-bond acceptors (Lipinski definition) is 8. The number of rotatable bonds is 39. The Morgan fingerprint density at radius 1 is 0.580 bits per heavy atom. The third kappa shape index (κ3) is 36.5. The molecule has 0 aliphatic carbocycles. The lowest BCUT2D eigenvalue weighted by molar-refractivity contribution is -0.161. The van der Waals surface area contributed by atoms with E-state index in [2.05, 4.69) is 26.0 Å². The van der Waals surface area contributed by atoms with Gasteiger partial charge in [0, 0.05) is 19.4 Å². The molecule has 0 heterocycles. The van der Waals surface area contributed by atoms with Crippen LogP contribution in [0, 0.1) is 0 Å². The molecule has 0 bridgehead atoms. The van der Waals surface area contributed by atoms with Crippen molar-refractivity contribution in [3.05, 3.63) is 12.2 Å². The van der Waals surface area contributed by atoms with E-state index in [-0.39, 0.29) is 32.6 Å². The second-order valence-corrected chi connectivity index (χ2v) is 15.3. The Morgan fingerprint density at radius 3 is 1.46 bits per heavy atom.